The Morgan fingerprint density at radius 3 is 2.89 bits per heavy atom. The SMILES string of the molecule is Nc1c(Cl)cc(Cl)cc1-c1nc(C2CCCO2)no1. The van der Waals surface area contributed by atoms with E-state index in [1.165, 1.54) is 0 Å². The third kappa shape index (κ3) is 2.41. The summed E-state index contributed by atoms with van der Waals surface area (Å²) >= 11 is 11.9. The second-order valence-electron chi connectivity index (χ2n) is 4.31. The number of nitrogens with zero attached hydrogens (tertiary/aromatic N) is 2. The summed E-state index contributed by atoms with van der Waals surface area (Å²) < 4.78 is 10.7. The molecule has 1 aliphatic heterocycles. The average molecular weight is 300 g/mol. The Kier molecular flexibility index (Phi) is 3.35. The molecule has 1 aromatic heterocycles. The van der Waals surface area contributed by atoms with Gasteiger partial charge in [0.1, 0.15) is 6.10 Å². The average Bonchev–Trinajstić information content (AvgIpc) is 3.03. The molecule has 0 radical (unpaired) electrons. The lowest BCUT2D eigenvalue weighted by Gasteiger charge is -2.04. The van der Waals surface area contributed by atoms with Crippen LogP contribution in [0.2, 0.25) is 10.0 Å². The van der Waals surface area contributed by atoms with E-state index in [0.29, 0.717) is 33.0 Å². The smallest absolute Gasteiger partial charge is 0.260 e. The largest absolute Gasteiger partial charge is 0.397 e. The number of hydrogen-bond donors (Lipinski definition) is 1. The van der Waals surface area contributed by atoms with Gasteiger partial charge in [-0.1, -0.05) is 28.4 Å². The number of ether oxygens (including phenoxy) is 1. The molecule has 2 N–H and O–H groups in total. The molecular weight excluding hydrogens is 289 g/mol. The van der Waals surface area contributed by atoms with Crippen molar-refractivity contribution in [2.45, 2.75) is 18.9 Å². The van der Waals surface area contributed by atoms with E-state index in [0.717, 1.165) is 19.4 Å². The summed E-state index contributed by atoms with van der Waals surface area (Å²) in [5, 5.41) is 4.75. The van der Waals surface area contributed by atoms with Crippen molar-refractivity contribution in [3.05, 3.63) is 28.0 Å². The standard InChI is InChI=1S/C12H11Cl2N3O2/c13-6-4-7(10(15)8(14)5-6)12-16-11(17-19-12)9-2-1-3-18-9/h4-5,9H,1-3,15H2. The first-order valence-electron chi connectivity index (χ1n) is 5.85. The Balaban J connectivity index is 1.98. The first-order valence-corrected chi connectivity index (χ1v) is 6.61. The third-order valence-corrected chi connectivity index (χ3v) is 3.52. The van der Waals surface area contributed by atoms with E-state index in [4.69, 9.17) is 38.2 Å². The highest BCUT2D eigenvalue weighted by Crippen LogP contribution is 2.35. The maximum Gasteiger partial charge on any atom is 0.260 e. The summed E-state index contributed by atoms with van der Waals surface area (Å²) in [5.41, 5.74) is 6.80. The number of halogens is 2. The zero-order chi connectivity index (χ0) is 13.4. The number of benzene rings is 1. The van der Waals surface area contributed by atoms with Crippen molar-refractivity contribution < 1.29 is 9.26 Å². The summed E-state index contributed by atoms with van der Waals surface area (Å²) in [6, 6.07) is 3.22. The fraction of sp³-hybridized carbons (Fsp3) is 0.333. The lowest BCUT2D eigenvalue weighted by molar-refractivity contribution is 0.103. The van der Waals surface area contributed by atoms with Crippen molar-refractivity contribution in [3.63, 3.8) is 0 Å². The quantitative estimate of drug-likeness (QED) is 0.859. The van der Waals surface area contributed by atoms with Crippen LogP contribution in [0.3, 0.4) is 0 Å². The molecule has 0 amide bonds. The minimum atomic E-state index is -0.103. The van der Waals surface area contributed by atoms with Crippen LogP contribution < -0.4 is 5.73 Å². The molecule has 1 atom stereocenters. The molecular formula is C12H11Cl2N3O2. The number of anilines is 1. The van der Waals surface area contributed by atoms with Crippen LogP contribution in [0.4, 0.5) is 5.69 Å². The lowest BCUT2D eigenvalue weighted by Crippen LogP contribution is -1.98. The topological polar surface area (TPSA) is 74.2 Å². The second-order valence-corrected chi connectivity index (χ2v) is 5.15. The van der Waals surface area contributed by atoms with Crippen molar-refractivity contribution in [1.82, 2.24) is 10.1 Å². The number of nitrogens with two attached hydrogens (primary N) is 1. The van der Waals surface area contributed by atoms with Crippen LogP contribution in [0.25, 0.3) is 11.5 Å². The van der Waals surface area contributed by atoms with E-state index >= 15 is 0 Å². The zero-order valence-corrected chi connectivity index (χ0v) is 11.4. The first kappa shape index (κ1) is 12.7. The summed E-state index contributed by atoms with van der Waals surface area (Å²) in [6.45, 7) is 0.722. The van der Waals surface area contributed by atoms with E-state index < -0.39 is 0 Å². The van der Waals surface area contributed by atoms with Gasteiger partial charge in [0.15, 0.2) is 0 Å². The van der Waals surface area contributed by atoms with Crippen molar-refractivity contribution in [3.8, 4) is 11.5 Å². The molecule has 0 saturated carbocycles. The van der Waals surface area contributed by atoms with Crippen LogP contribution in [0, 0.1) is 0 Å². The molecule has 1 aromatic carbocycles. The highest BCUT2D eigenvalue weighted by atomic mass is 35.5. The Morgan fingerprint density at radius 1 is 1.32 bits per heavy atom. The number of rotatable bonds is 2. The van der Waals surface area contributed by atoms with Gasteiger partial charge in [-0.3, -0.25) is 0 Å². The molecule has 2 heterocycles. The van der Waals surface area contributed by atoms with Crippen molar-refractivity contribution in [2.75, 3.05) is 12.3 Å². The molecule has 3 rings (SSSR count). The Morgan fingerprint density at radius 2 is 2.16 bits per heavy atom. The summed E-state index contributed by atoms with van der Waals surface area (Å²) in [7, 11) is 0. The van der Waals surface area contributed by atoms with E-state index in [2.05, 4.69) is 10.1 Å². The summed E-state index contributed by atoms with van der Waals surface area (Å²) in [6.07, 6.45) is 1.79. The van der Waals surface area contributed by atoms with E-state index in [9.17, 15) is 0 Å². The highest BCUT2D eigenvalue weighted by Gasteiger charge is 2.24. The van der Waals surface area contributed by atoms with Gasteiger partial charge in [0.25, 0.3) is 5.89 Å². The maximum absolute atomic E-state index is 5.98. The molecule has 0 bridgehead atoms. The minimum absolute atomic E-state index is 0.103. The van der Waals surface area contributed by atoms with Crippen LogP contribution in [0.5, 0.6) is 0 Å². The molecule has 1 unspecified atom stereocenters. The summed E-state index contributed by atoms with van der Waals surface area (Å²) in [5.74, 6) is 0.829. The molecule has 1 fully saturated rings. The fourth-order valence-electron chi connectivity index (χ4n) is 2.02. The van der Waals surface area contributed by atoms with E-state index in [-0.39, 0.29) is 6.10 Å². The lowest BCUT2D eigenvalue weighted by atomic mass is 10.2. The third-order valence-electron chi connectivity index (χ3n) is 2.98. The molecule has 1 aliphatic rings. The van der Waals surface area contributed by atoms with Crippen molar-refractivity contribution in [1.29, 1.82) is 0 Å². The van der Waals surface area contributed by atoms with Crippen LogP contribution >= 0.6 is 23.2 Å². The van der Waals surface area contributed by atoms with Gasteiger partial charge in [0.05, 0.1) is 16.3 Å². The van der Waals surface area contributed by atoms with Gasteiger partial charge < -0.3 is 15.0 Å². The molecule has 0 aliphatic carbocycles. The van der Waals surface area contributed by atoms with Gasteiger partial charge >= 0.3 is 0 Å². The zero-order valence-electron chi connectivity index (χ0n) is 9.90. The molecule has 7 heteroatoms. The summed E-state index contributed by atoms with van der Waals surface area (Å²) in [4.78, 5) is 4.31. The van der Waals surface area contributed by atoms with Gasteiger partial charge in [-0.15, -0.1) is 0 Å². The predicted molar refractivity (Wildman–Crippen MR) is 72.1 cm³/mol. The van der Waals surface area contributed by atoms with Crippen LogP contribution in [0.1, 0.15) is 24.8 Å². The monoisotopic (exact) mass is 299 g/mol. The molecule has 2 aromatic rings. The first-order chi connectivity index (χ1) is 9.15. The van der Waals surface area contributed by atoms with Crippen LogP contribution in [-0.4, -0.2) is 16.7 Å². The molecule has 19 heavy (non-hydrogen) atoms. The Bertz CT molecular complexity index is 609. The van der Waals surface area contributed by atoms with Gasteiger partial charge in [-0.2, -0.15) is 4.98 Å². The van der Waals surface area contributed by atoms with E-state index in [1.54, 1.807) is 12.1 Å². The Labute approximate surface area is 119 Å². The van der Waals surface area contributed by atoms with Crippen LogP contribution in [-0.2, 0) is 4.74 Å². The molecule has 0 spiro atoms. The highest BCUT2D eigenvalue weighted by molar-refractivity contribution is 6.37. The molecule has 5 nitrogen and oxygen atoms in total. The fourth-order valence-corrected chi connectivity index (χ4v) is 2.51. The minimum Gasteiger partial charge on any atom is -0.397 e. The maximum atomic E-state index is 5.98. The van der Waals surface area contributed by atoms with Gasteiger partial charge in [0.2, 0.25) is 5.82 Å². The molecule has 100 valence electrons. The number of hydrogen-bond acceptors (Lipinski definition) is 5. The molecule has 1 saturated heterocycles. The predicted octanol–water partition coefficient (Wildman–Crippen LogP) is 3.48. The van der Waals surface area contributed by atoms with Crippen molar-refractivity contribution in [2.24, 2.45) is 0 Å². The Hall–Kier alpha value is -1.30. The van der Waals surface area contributed by atoms with Gasteiger partial charge in [0, 0.05) is 11.6 Å². The second kappa shape index (κ2) is 5.00. The number of aromatic nitrogens is 2. The van der Waals surface area contributed by atoms with Crippen molar-refractivity contribution >= 4 is 28.9 Å². The normalized spacial score (nSPS) is 18.9. The van der Waals surface area contributed by atoms with Gasteiger partial charge in [-0.25, -0.2) is 0 Å². The van der Waals surface area contributed by atoms with Crippen LogP contribution in [0.15, 0.2) is 16.7 Å². The van der Waals surface area contributed by atoms with Gasteiger partial charge in [-0.05, 0) is 25.0 Å². The van der Waals surface area contributed by atoms with E-state index in [1.807, 2.05) is 0 Å². The number of nitrogen functional groups attached to an aromatic ring is 1.